The van der Waals surface area contributed by atoms with Crippen LogP contribution in [0.25, 0.3) is 0 Å². The quantitative estimate of drug-likeness (QED) is 0.776. The Kier molecular flexibility index (Phi) is 4.98. The summed E-state index contributed by atoms with van der Waals surface area (Å²) >= 11 is 0. The monoisotopic (exact) mass is 356 g/mol. The highest BCUT2D eigenvalue weighted by atomic mass is 16.6. The van der Waals surface area contributed by atoms with E-state index in [1.807, 2.05) is 0 Å². The normalized spacial score (nSPS) is 25.5. The van der Waals surface area contributed by atoms with E-state index < -0.39 is 5.60 Å². The van der Waals surface area contributed by atoms with Crippen LogP contribution in [0.15, 0.2) is 29.3 Å². The van der Waals surface area contributed by atoms with Gasteiger partial charge in [-0.05, 0) is 50.3 Å². The Morgan fingerprint density at radius 2 is 1.77 bits per heavy atom. The van der Waals surface area contributed by atoms with Crippen molar-refractivity contribution in [1.82, 2.24) is 0 Å². The van der Waals surface area contributed by atoms with Crippen molar-refractivity contribution < 1.29 is 14.3 Å². The molecule has 26 heavy (non-hydrogen) atoms. The van der Waals surface area contributed by atoms with Crippen LogP contribution in [0.1, 0.15) is 57.1 Å². The second-order valence-electron chi connectivity index (χ2n) is 7.65. The Morgan fingerprint density at radius 3 is 2.46 bits per heavy atom. The molecule has 1 aromatic carbocycles. The average molecular weight is 356 g/mol. The molecule has 3 fully saturated rings. The minimum absolute atomic E-state index is 0.0389. The van der Waals surface area contributed by atoms with E-state index in [4.69, 9.17) is 14.5 Å². The maximum Gasteiger partial charge on any atom is 0.312 e. The van der Waals surface area contributed by atoms with E-state index >= 15 is 0 Å². The lowest BCUT2D eigenvalue weighted by Gasteiger charge is -2.32. The lowest BCUT2D eigenvalue weighted by atomic mass is 9.81. The van der Waals surface area contributed by atoms with Crippen LogP contribution >= 0.6 is 0 Å². The van der Waals surface area contributed by atoms with Crippen LogP contribution in [0.3, 0.4) is 0 Å². The summed E-state index contributed by atoms with van der Waals surface area (Å²) in [6.45, 7) is 5.58. The molecule has 1 saturated carbocycles. The fourth-order valence-corrected chi connectivity index (χ4v) is 4.38. The fraction of sp³-hybridized carbons (Fsp3) is 0.619. The van der Waals surface area contributed by atoms with Gasteiger partial charge in [-0.25, -0.2) is 0 Å². The zero-order valence-corrected chi connectivity index (χ0v) is 15.6. The van der Waals surface area contributed by atoms with Crippen molar-refractivity contribution in [2.75, 3.05) is 31.2 Å². The number of hydrogen-bond donors (Lipinski definition) is 0. The number of rotatable bonds is 3. The van der Waals surface area contributed by atoms with Crippen LogP contribution in [-0.4, -0.2) is 43.6 Å². The van der Waals surface area contributed by atoms with E-state index in [0.717, 1.165) is 57.7 Å². The van der Waals surface area contributed by atoms with Gasteiger partial charge in [0, 0.05) is 18.8 Å². The van der Waals surface area contributed by atoms with Gasteiger partial charge < -0.3 is 14.4 Å². The number of anilines is 1. The molecule has 1 aliphatic carbocycles. The zero-order valence-electron chi connectivity index (χ0n) is 15.6. The van der Waals surface area contributed by atoms with Crippen LogP contribution in [0.4, 0.5) is 5.69 Å². The van der Waals surface area contributed by atoms with Crippen LogP contribution in [0.5, 0.6) is 0 Å². The van der Waals surface area contributed by atoms with Crippen molar-refractivity contribution in [1.29, 1.82) is 0 Å². The Bertz CT molecular complexity index is 671. The standard InChI is InChI=1S/C21H28N2O3/c1-16(17-5-7-18(8-6-17)23-11-13-25-14-12-23)22-19-15-20(24)26-21(19)9-3-2-4-10-21/h5-8,16H,2-4,9-15H2,1H3/t16-/m0/s1. The van der Waals surface area contributed by atoms with E-state index in [2.05, 4.69) is 36.1 Å². The molecule has 5 nitrogen and oxygen atoms in total. The Labute approximate surface area is 155 Å². The van der Waals surface area contributed by atoms with Gasteiger partial charge in [-0.2, -0.15) is 0 Å². The van der Waals surface area contributed by atoms with Crippen LogP contribution in [-0.2, 0) is 14.3 Å². The van der Waals surface area contributed by atoms with Crippen molar-refractivity contribution in [3.8, 4) is 0 Å². The third kappa shape index (κ3) is 3.50. The summed E-state index contributed by atoms with van der Waals surface area (Å²) in [5.74, 6) is -0.111. The van der Waals surface area contributed by atoms with Gasteiger partial charge in [0.05, 0.1) is 31.4 Å². The predicted molar refractivity (Wildman–Crippen MR) is 102 cm³/mol. The second-order valence-corrected chi connectivity index (χ2v) is 7.65. The van der Waals surface area contributed by atoms with Gasteiger partial charge in [-0.3, -0.25) is 9.79 Å². The number of nitrogens with zero attached hydrogens (tertiary/aromatic N) is 2. The summed E-state index contributed by atoms with van der Waals surface area (Å²) in [7, 11) is 0. The van der Waals surface area contributed by atoms with Gasteiger partial charge >= 0.3 is 5.97 Å². The first-order valence-electron chi connectivity index (χ1n) is 9.88. The summed E-state index contributed by atoms with van der Waals surface area (Å²) < 4.78 is 11.2. The van der Waals surface area contributed by atoms with Crippen molar-refractivity contribution in [3.63, 3.8) is 0 Å². The van der Waals surface area contributed by atoms with Crippen molar-refractivity contribution in [2.45, 2.75) is 57.1 Å². The summed E-state index contributed by atoms with van der Waals surface area (Å²) in [6, 6.07) is 8.70. The number of morpholine rings is 1. The SMILES string of the molecule is C[C@H](N=C1CC(=O)OC12CCCCC2)c1ccc(N2CCOCC2)cc1. The average Bonchev–Trinajstić information content (AvgIpc) is 2.97. The molecule has 0 aromatic heterocycles. The van der Waals surface area contributed by atoms with E-state index in [-0.39, 0.29) is 12.0 Å². The molecular formula is C21H28N2O3. The summed E-state index contributed by atoms with van der Waals surface area (Å²) in [4.78, 5) is 19.3. The predicted octanol–water partition coefficient (Wildman–Crippen LogP) is 3.68. The summed E-state index contributed by atoms with van der Waals surface area (Å²) in [5, 5.41) is 0. The molecule has 140 valence electrons. The molecular weight excluding hydrogens is 328 g/mol. The molecule has 1 aromatic rings. The lowest BCUT2D eigenvalue weighted by molar-refractivity contribution is -0.148. The van der Waals surface area contributed by atoms with Crippen molar-refractivity contribution in [2.24, 2.45) is 4.99 Å². The highest BCUT2D eigenvalue weighted by Crippen LogP contribution is 2.39. The number of aliphatic imine (C=N–C) groups is 1. The minimum Gasteiger partial charge on any atom is -0.453 e. The Morgan fingerprint density at radius 1 is 1.08 bits per heavy atom. The molecule has 0 amide bonds. The molecule has 0 bridgehead atoms. The molecule has 2 saturated heterocycles. The van der Waals surface area contributed by atoms with Crippen molar-refractivity contribution in [3.05, 3.63) is 29.8 Å². The molecule has 1 atom stereocenters. The van der Waals surface area contributed by atoms with Gasteiger partial charge in [0.1, 0.15) is 0 Å². The molecule has 2 heterocycles. The summed E-state index contributed by atoms with van der Waals surface area (Å²) in [5.41, 5.74) is 2.98. The summed E-state index contributed by atoms with van der Waals surface area (Å²) in [6.07, 6.45) is 5.69. The lowest BCUT2D eigenvalue weighted by Crippen LogP contribution is -2.38. The third-order valence-corrected chi connectivity index (χ3v) is 5.91. The molecule has 0 radical (unpaired) electrons. The van der Waals surface area contributed by atoms with Crippen LogP contribution in [0.2, 0.25) is 0 Å². The Balaban J connectivity index is 1.50. The number of hydrogen-bond acceptors (Lipinski definition) is 5. The fourth-order valence-electron chi connectivity index (χ4n) is 4.38. The molecule has 3 aliphatic rings. The molecule has 0 unspecified atom stereocenters. The second kappa shape index (κ2) is 7.39. The van der Waals surface area contributed by atoms with Crippen LogP contribution in [0, 0.1) is 0 Å². The smallest absolute Gasteiger partial charge is 0.312 e. The highest BCUT2D eigenvalue weighted by molar-refractivity contribution is 6.09. The number of benzene rings is 1. The zero-order chi connectivity index (χ0) is 18.0. The molecule has 1 spiro atoms. The van der Waals surface area contributed by atoms with Gasteiger partial charge in [-0.1, -0.05) is 18.6 Å². The van der Waals surface area contributed by atoms with E-state index in [0.29, 0.717) is 6.42 Å². The molecule has 4 rings (SSSR count). The van der Waals surface area contributed by atoms with Gasteiger partial charge in [0.25, 0.3) is 0 Å². The number of esters is 1. The number of carbonyl (C=O) groups is 1. The topological polar surface area (TPSA) is 51.1 Å². The number of carbonyl (C=O) groups excluding carboxylic acids is 1. The van der Waals surface area contributed by atoms with E-state index in [1.165, 1.54) is 17.7 Å². The minimum atomic E-state index is -0.405. The van der Waals surface area contributed by atoms with Gasteiger partial charge in [0.15, 0.2) is 5.60 Å². The molecule has 0 N–H and O–H groups in total. The number of ether oxygens (including phenoxy) is 2. The molecule has 2 aliphatic heterocycles. The first-order chi connectivity index (χ1) is 12.7. The van der Waals surface area contributed by atoms with Gasteiger partial charge in [-0.15, -0.1) is 0 Å². The maximum atomic E-state index is 11.9. The first kappa shape index (κ1) is 17.5. The largest absolute Gasteiger partial charge is 0.453 e. The van der Waals surface area contributed by atoms with E-state index in [1.54, 1.807) is 0 Å². The first-order valence-corrected chi connectivity index (χ1v) is 9.88. The Hall–Kier alpha value is -1.88. The highest BCUT2D eigenvalue weighted by Gasteiger charge is 2.46. The van der Waals surface area contributed by atoms with Crippen LogP contribution < -0.4 is 4.90 Å². The van der Waals surface area contributed by atoms with Gasteiger partial charge in [0.2, 0.25) is 0 Å². The maximum absolute atomic E-state index is 11.9. The van der Waals surface area contributed by atoms with E-state index in [9.17, 15) is 4.79 Å². The third-order valence-electron chi connectivity index (χ3n) is 5.91. The molecule has 5 heteroatoms. The van der Waals surface area contributed by atoms with Crippen molar-refractivity contribution >= 4 is 17.4 Å².